The van der Waals surface area contributed by atoms with Crippen LogP contribution in [0.4, 0.5) is 0 Å². The molecule has 138 valence electrons. The number of carbonyl (C=O) groups is 2. The molecule has 1 aromatic carbocycles. The molecule has 3 N–H and O–H groups in total. The Bertz CT molecular complexity index is 693. The number of halogens is 2. The summed E-state index contributed by atoms with van der Waals surface area (Å²) in [4.78, 5) is 28.0. The maximum atomic E-state index is 12.3. The van der Waals surface area contributed by atoms with Gasteiger partial charge in [0.1, 0.15) is 10.5 Å². The zero-order valence-corrected chi connectivity index (χ0v) is 16.3. The van der Waals surface area contributed by atoms with Crippen LogP contribution in [0.2, 0.25) is 0 Å². The molecule has 0 aliphatic heterocycles. The van der Waals surface area contributed by atoms with Crippen molar-refractivity contribution in [1.82, 2.24) is 10.3 Å². The van der Waals surface area contributed by atoms with Crippen LogP contribution in [0.25, 0.3) is 0 Å². The molecule has 9 heteroatoms. The molecular weight excluding hydrogens is 385 g/mol. The Morgan fingerprint density at radius 1 is 1.28 bits per heavy atom. The summed E-state index contributed by atoms with van der Waals surface area (Å²) in [5.41, 5.74) is 5.97. The normalized spacial score (nSPS) is 12.1. The molecule has 1 atom stereocenters. The van der Waals surface area contributed by atoms with Crippen LogP contribution in [-0.2, 0) is 21.6 Å². The van der Waals surface area contributed by atoms with Gasteiger partial charge in [-0.15, -0.1) is 36.2 Å². The molecule has 0 spiro atoms. The van der Waals surface area contributed by atoms with E-state index in [-0.39, 0.29) is 43.0 Å². The van der Waals surface area contributed by atoms with E-state index in [4.69, 9.17) is 10.5 Å². The molecule has 1 heterocycles. The molecule has 25 heavy (non-hydrogen) atoms. The molecule has 1 unspecified atom stereocenters. The average molecular weight is 406 g/mol. The number of nitrogens with zero attached hydrogens (tertiary/aromatic N) is 1. The quantitative estimate of drug-likeness (QED) is 0.720. The Morgan fingerprint density at radius 2 is 1.92 bits per heavy atom. The lowest BCUT2D eigenvalue weighted by Gasteiger charge is -2.23. The molecule has 0 radical (unpaired) electrons. The van der Waals surface area contributed by atoms with Gasteiger partial charge in [-0.1, -0.05) is 30.3 Å². The molecule has 2 aromatic rings. The van der Waals surface area contributed by atoms with Crippen LogP contribution in [0, 0.1) is 0 Å². The zero-order chi connectivity index (χ0) is 16.9. The van der Waals surface area contributed by atoms with Gasteiger partial charge in [-0.05, 0) is 19.4 Å². The number of nitrogens with one attached hydrogen (secondary N) is 1. The van der Waals surface area contributed by atoms with Gasteiger partial charge < -0.3 is 15.8 Å². The lowest BCUT2D eigenvalue weighted by Crippen LogP contribution is -2.48. The topological polar surface area (TPSA) is 94.3 Å². The van der Waals surface area contributed by atoms with Gasteiger partial charge in [0.05, 0.1) is 13.2 Å². The first kappa shape index (κ1) is 23.3. The summed E-state index contributed by atoms with van der Waals surface area (Å²) in [6.07, 6.45) is 0. The maximum Gasteiger partial charge on any atom is 0.357 e. The fraction of sp³-hybridized carbons (Fsp3) is 0.312. The number of esters is 1. The molecule has 0 saturated carbocycles. The Morgan fingerprint density at radius 3 is 2.52 bits per heavy atom. The molecule has 2 rings (SSSR count). The first-order valence-electron chi connectivity index (χ1n) is 7.19. The fourth-order valence-electron chi connectivity index (χ4n) is 1.95. The molecule has 1 amide bonds. The first-order valence-corrected chi connectivity index (χ1v) is 8.07. The summed E-state index contributed by atoms with van der Waals surface area (Å²) >= 11 is 1.28. The van der Waals surface area contributed by atoms with Crippen LogP contribution in [0.15, 0.2) is 35.7 Å². The summed E-state index contributed by atoms with van der Waals surface area (Å²) in [7, 11) is 0. The number of thiazole rings is 1. The van der Waals surface area contributed by atoms with E-state index in [1.54, 1.807) is 19.2 Å². The number of hydrogen-bond donors (Lipinski definition) is 2. The maximum absolute atomic E-state index is 12.3. The van der Waals surface area contributed by atoms with E-state index in [2.05, 4.69) is 10.3 Å². The van der Waals surface area contributed by atoms with E-state index in [1.807, 2.05) is 30.3 Å². The molecule has 0 fully saturated rings. The van der Waals surface area contributed by atoms with Crippen molar-refractivity contribution >= 4 is 48.0 Å². The van der Waals surface area contributed by atoms with Gasteiger partial charge in [0, 0.05) is 5.38 Å². The predicted molar refractivity (Wildman–Crippen MR) is 102 cm³/mol. The van der Waals surface area contributed by atoms with Crippen LogP contribution in [0.1, 0.15) is 34.9 Å². The highest BCUT2D eigenvalue weighted by Gasteiger charge is 2.30. The minimum Gasteiger partial charge on any atom is -0.461 e. The second-order valence-corrected chi connectivity index (χ2v) is 6.04. The standard InChI is InChI=1S/C16H19N3O3S.2ClH/c1-3-22-14(20)12-10-23-13(19-12)9-18-15(21)16(2,17)11-7-5-4-6-8-11;;/h4-8,10H,3,9,17H2,1-2H3,(H,18,21);2*1H. The van der Waals surface area contributed by atoms with Gasteiger partial charge in [0.25, 0.3) is 0 Å². The number of rotatable bonds is 6. The lowest BCUT2D eigenvalue weighted by atomic mass is 9.92. The van der Waals surface area contributed by atoms with Crippen LogP contribution < -0.4 is 11.1 Å². The van der Waals surface area contributed by atoms with Crippen molar-refractivity contribution in [2.45, 2.75) is 25.9 Å². The predicted octanol–water partition coefficient (Wildman–Crippen LogP) is 2.65. The monoisotopic (exact) mass is 405 g/mol. The summed E-state index contributed by atoms with van der Waals surface area (Å²) < 4.78 is 4.88. The van der Waals surface area contributed by atoms with Crippen molar-refractivity contribution in [1.29, 1.82) is 0 Å². The highest BCUT2D eigenvalue weighted by atomic mass is 35.5. The molecule has 0 aliphatic rings. The van der Waals surface area contributed by atoms with Crippen LogP contribution in [0.5, 0.6) is 0 Å². The van der Waals surface area contributed by atoms with Gasteiger partial charge in [-0.2, -0.15) is 0 Å². The van der Waals surface area contributed by atoms with Gasteiger partial charge in [-0.25, -0.2) is 9.78 Å². The Hall–Kier alpha value is -1.67. The minimum absolute atomic E-state index is 0. The second kappa shape index (κ2) is 10.4. The smallest absolute Gasteiger partial charge is 0.357 e. The number of amides is 1. The Kier molecular flexibility index (Phi) is 9.66. The molecule has 0 aliphatic carbocycles. The largest absolute Gasteiger partial charge is 0.461 e. The number of aromatic nitrogens is 1. The third-order valence-corrected chi connectivity index (χ3v) is 4.13. The first-order chi connectivity index (χ1) is 10.9. The van der Waals surface area contributed by atoms with E-state index >= 15 is 0 Å². The average Bonchev–Trinajstić information content (AvgIpc) is 3.02. The Balaban J connectivity index is 0.00000288. The number of benzene rings is 1. The van der Waals surface area contributed by atoms with Crippen molar-refractivity contribution in [3.05, 3.63) is 52.0 Å². The number of hydrogen-bond acceptors (Lipinski definition) is 6. The summed E-state index contributed by atoms with van der Waals surface area (Å²) in [5, 5.41) is 4.98. The van der Waals surface area contributed by atoms with Crippen molar-refractivity contribution in [2.75, 3.05) is 6.61 Å². The second-order valence-electron chi connectivity index (χ2n) is 5.10. The highest BCUT2D eigenvalue weighted by molar-refractivity contribution is 7.09. The highest BCUT2D eigenvalue weighted by Crippen LogP contribution is 2.18. The van der Waals surface area contributed by atoms with Gasteiger partial charge in [-0.3, -0.25) is 4.79 Å². The number of carbonyl (C=O) groups excluding carboxylic acids is 2. The van der Waals surface area contributed by atoms with Crippen LogP contribution in [-0.4, -0.2) is 23.5 Å². The van der Waals surface area contributed by atoms with Crippen molar-refractivity contribution in [2.24, 2.45) is 5.73 Å². The van der Waals surface area contributed by atoms with Crippen LogP contribution in [0.3, 0.4) is 0 Å². The molecule has 0 saturated heterocycles. The van der Waals surface area contributed by atoms with E-state index in [1.165, 1.54) is 11.3 Å². The van der Waals surface area contributed by atoms with Crippen molar-refractivity contribution in [3.8, 4) is 0 Å². The van der Waals surface area contributed by atoms with E-state index < -0.39 is 11.5 Å². The summed E-state index contributed by atoms with van der Waals surface area (Å²) in [6, 6.07) is 9.15. The third-order valence-electron chi connectivity index (χ3n) is 3.28. The third kappa shape index (κ3) is 5.97. The molecule has 0 bridgehead atoms. The molecule has 6 nitrogen and oxygen atoms in total. The summed E-state index contributed by atoms with van der Waals surface area (Å²) in [5.74, 6) is -0.772. The minimum atomic E-state index is -1.14. The van der Waals surface area contributed by atoms with Crippen LogP contribution >= 0.6 is 36.2 Å². The molecular formula is C16H21Cl2N3O3S. The van der Waals surface area contributed by atoms with Crippen molar-refractivity contribution < 1.29 is 14.3 Å². The number of nitrogens with two attached hydrogens (primary N) is 1. The lowest BCUT2D eigenvalue weighted by molar-refractivity contribution is -0.126. The fourth-order valence-corrected chi connectivity index (χ4v) is 2.65. The summed E-state index contributed by atoms with van der Waals surface area (Å²) in [6.45, 7) is 3.90. The SMILES string of the molecule is CCOC(=O)c1csc(CNC(=O)C(C)(N)c2ccccc2)n1.Cl.Cl. The van der Waals surface area contributed by atoms with E-state index in [0.717, 1.165) is 5.56 Å². The van der Waals surface area contributed by atoms with Gasteiger partial charge >= 0.3 is 5.97 Å². The van der Waals surface area contributed by atoms with E-state index in [0.29, 0.717) is 11.6 Å². The van der Waals surface area contributed by atoms with Crippen molar-refractivity contribution in [3.63, 3.8) is 0 Å². The van der Waals surface area contributed by atoms with Gasteiger partial charge in [0.15, 0.2) is 5.69 Å². The van der Waals surface area contributed by atoms with E-state index in [9.17, 15) is 9.59 Å². The zero-order valence-electron chi connectivity index (χ0n) is 13.9. The Labute approximate surface area is 163 Å². The number of ether oxygens (including phenoxy) is 1. The molecule has 1 aromatic heterocycles. The van der Waals surface area contributed by atoms with Gasteiger partial charge in [0.2, 0.25) is 5.91 Å².